The SMILES string of the molecule is CCCc1[nH]c(-c2cc(I)c3c(c2)CNC3=O)nc1C(=O)OCC. The van der Waals surface area contributed by atoms with Crippen LogP contribution in [0.1, 0.15) is 52.4 Å². The lowest BCUT2D eigenvalue weighted by molar-refractivity contribution is 0.0518. The Kier molecular flexibility index (Phi) is 4.88. The van der Waals surface area contributed by atoms with E-state index in [1.54, 1.807) is 6.92 Å². The number of hydrogen-bond donors (Lipinski definition) is 2. The minimum Gasteiger partial charge on any atom is -0.461 e. The zero-order chi connectivity index (χ0) is 17.3. The summed E-state index contributed by atoms with van der Waals surface area (Å²) in [7, 11) is 0. The van der Waals surface area contributed by atoms with Gasteiger partial charge in [0.1, 0.15) is 5.82 Å². The van der Waals surface area contributed by atoms with Crippen LogP contribution >= 0.6 is 22.6 Å². The van der Waals surface area contributed by atoms with Crippen LogP contribution in [0.4, 0.5) is 0 Å². The molecule has 0 aliphatic carbocycles. The number of ether oxygens (including phenoxy) is 1. The number of aromatic nitrogens is 2. The van der Waals surface area contributed by atoms with E-state index in [4.69, 9.17) is 4.74 Å². The van der Waals surface area contributed by atoms with Crippen molar-refractivity contribution in [3.05, 3.63) is 38.2 Å². The molecule has 2 aromatic rings. The molecule has 1 aliphatic rings. The number of rotatable bonds is 5. The predicted molar refractivity (Wildman–Crippen MR) is 97.9 cm³/mol. The molecule has 1 aromatic carbocycles. The van der Waals surface area contributed by atoms with Gasteiger partial charge in [0.15, 0.2) is 5.69 Å². The predicted octanol–water partition coefficient (Wildman–Crippen LogP) is 3.05. The van der Waals surface area contributed by atoms with Gasteiger partial charge in [-0.2, -0.15) is 0 Å². The zero-order valence-corrected chi connectivity index (χ0v) is 15.7. The second kappa shape index (κ2) is 6.92. The van der Waals surface area contributed by atoms with Gasteiger partial charge >= 0.3 is 5.97 Å². The summed E-state index contributed by atoms with van der Waals surface area (Å²) in [6.07, 6.45) is 1.62. The normalized spacial score (nSPS) is 12.9. The van der Waals surface area contributed by atoms with Crippen LogP contribution in [0.25, 0.3) is 11.4 Å². The molecular weight excluding hydrogens is 421 g/mol. The van der Waals surface area contributed by atoms with Crippen LogP contribution in [0.2, 0.25) is 0 Å². The van der Waals surface area contributed by atoms with Crippen LogP contribution in [-0.4, -0.2) is 28.5 Å². The fourth-order valence-corrected chi connectivity index (χ4v) is 3.73. The number of nitrogens with zero attached hydrogens (tertiary/aromatic N) is 1. The first-order chi connectivity index (χ1) is 11.5. The molecule has 1 aromatic heterocycles. The molecule has 0 saturated carbocycles. The molecule has 2 heterocycles. The van der Waals surface area contributed by atoms with E-state index in [2.05, 4.69) is 37.9 Å². The average Bonchev–Trinajstić information content (AvgIpc) is 3.12. The molecule has 0 saturated heterocycles. The summed E-state index contributed by atoms with van der Waals surface area (Å²) < 4.78 is 5.97. The minimum atomic E-state index is -0.406. The molecule has 7 heteroatoms. The number of imidazole rings is 1. The Morgan fingerprint density at radius 1 is 1.38 bits per heavy atom. The molecule has 0 spiro atoms. The van der Waals surface area contributed by atoms with Gasteiger partial charge in [-0.3, -0.25) is 4.79 Å². The molecule has 6 nitrogen and oxygen atoms in total. The Bertz CT molecular complexity index is 814. The van der Waals surface area contributed by atoms with Crippen molar-refractivity contribution in [3.63, 3.8) is 0 Å². The van der Waals surface area contributed by atoms with Gasteiger partial charge in [0.2, 0.25) is 0 Å². The molecule has 1 aliphatic heterocycles. The van der Waals surface area contributed by atoms with E-state index in [1.807, 2.05) is 19.1 Å². The summed E-state index contributed by atoms with van der Waals surface area (Å²) in [6, 6.07) is 3.85. The van der Waals surface area contributed by atoms with Crippen molar-refractivity contribution < 1.29 is 14.3 Å². The van der Waals surface area contributed by atoms with Crippen LogP contribution in [0.3, 0.4) is 0 Å². The topological polar surface area (TPSA) is 84.1 Å². The van der Waals surface area contributed by atoms with Gasteiger partial charge < -0.3 is 15.0 Å². The van der Waals surface area contributed by atoms with Crippen LogP contribution in [0, 0.1) is 3.57 Å². The molecule has 2 N–H and O–H groups in total. The number of aryl methyl sites for hydroxylation is 1. The molecule has 1 amide bonds. The van der Waals surface area contributed by atoms with E-state index in [0.717, 1.165) is 38.8 Å². The summed E-state index contributed by atoms with van der Waals surface area (Å²) in [4.78, 5) is 31.7. The molecule has 0 fully saturated rings. The van der Waals surface area contributed by atoms with Gasteiger partial charge in [-0.1, -0.05) is 13.3 Å². The van der Waals surface area contributed by atoms with Crippen molar-refractivity contribution in [1.82, 2.24) is 15.3 Å². The molecular formula is C17H18IN3O3. The smallest absolute Gasteiger partial charge is 0.358 e. The van der Waals surface area contributed by atoms with Crippen LogP contribution in [0.15, 0.2) is 12.1 Å². The highest BCUT2D eigenvalue weighted by molar-refractivity contribution is 14.1. The van der Waals surface area contributed by atoms with E-state index in [0.29, 0.717) is 24.7 Å². The van der Waals surface area contributed by atoms with Crippen molar-refractivity contribution >= 4 is 34.5 Å². The number of halogens is 1. The van der Waals surface area contributed by atoms with Gasteiger partial charge in [0, 0.05) is 21.4 Å². The largest absolute Gasteiger partial charge is 0.461 e. The van der Waals surface area contributed by atoms with Crippen molar-refractivity contribution in [2.24, 2.45) is 0 Å². The second-order valence-electron chi connectivity index (χ2n) is 5.56. The highest BCUT2D eigenvalue weighted by Crippen LogP contribution is 2.29. The maximum Gasteiger partial charge on any atom is 0.358 e. The quantitative estimate of drug-likeness (QED) is 0.554. The van der Waals surface area contributed by atoms with Crippen LogP contribution < -0.4 is 5.32 Å². The van der Waals surface area contributed by atoms with E-state index >= 15 is 0 Å². The monoisotopic (exact) mass is 439 g/mol. The summed E-state index contributed by atoms with van der Waals surface area (Å²) in [5, 5.41) is 2.83. The molecule has 24 heavy (non-hydrogen) atoms. The number of aromatic amines is 1. The highest BCUT2D eigenvalue weighted by atomic mass is 127. The number of amides is 1. The Labute approximate surface area is 153 Å². The average molecular weight is 439 g/mol. The molecule has 126 valence electrons. The number of esters is 1. The summed E-state index contributed by atoms with van der Waals surface area (Å²) in [5.41, 5.74) is 3.68. The number of nitrogens with one attached hydrogen (secondary N) is 2. The fraction of sp³-hybridized carbons (Fsp3) is 0.353. The molecule has 0 unspecified atom stereocenters. The minimum absolute atomic E-state index is 0.0423. The Hall–Kier alpha value is -1.90. The maximum absolute atomic E-state index is 12.1. The van der Waals surface area contributed by atoms with Crippen LogP contribution in [0.5, 0.6) is 0 Å². The zero-order valence-electron chi connectivity index (χ0n) is 13.5. The molecule has 0 atom stereocenters. The second-order valence-corrected chi connectivity index (χ2v) is 6.72. The van der Waals surface area contributed by atoms with Gasteiger partial charge in [-0.25, -0.2) is 9.78 Å². The number of H-pyrrole nitrogens is 1. The Morgan fingerprint density at radius 3 is 2.88 bits per heavy atom. The third-order valence-electron chi connectivity index (χ3n) is 3.86. The van der Waals surface area contributed by atoms with E-state index in [-0.39, 0.29) is 5.91 Å². The van der Waals surface area contributed by atoms with Gasteiger partial charge in [-0.05, 0) is 53.6 Å². The third kappa shape index (κ3) is 3.04. The van der Waals surface area contributed by atoms with E-state index < -0.39 is 5.97 Å². The van der Waals surface area contributed by atoms with Gasteiger partial charge in [-0.15, -0.1) is 0 Å². The van der Waals surface area contributed by atoms with E-state index in [1.165, 1.54) is 0 Å². The lowest BCUT2D eigenvalue weighted by Crippen LogP contribution is -2.13. The standard InChI is InChI=1S/C17H18IN3O3/c1-3-5-12-14(17(23)24-4-2)21-15(20-12)9-6-10-8-19-16(22)13(10)11(18)7-9/h6-7H,3-5,8H2,1-2H3,(H,19,22)(H,20,21). The van der Waals surface area contributed by atoms with Gasteiger partial charge in [0.25, 0.3) is 5.91 Å². The number of fused-ring (bicyclic) bond motifs is 1. The third-order valence-corrected chi connectivity index (χ3v) is 4.71. The number of carbonyl (C=O) groups is 2. The first kappa shape index (κ1) is 16.9. The summed E-state index contributed by atoms with van der Waals surface area (Å²) >= 11 is 2.16. The van der Waals surface area contributed by atoms with Crippen LogP contribution in [-0.2, 0) is 17.7 Å². The van der Waals surface area contributed by atoms with Crippen molar-refractivity contribution in [2.45, 2.75) is 33.2 Å². The number of benzene rings is 1. The highest BCUT2D eigenvalue weighted by Gasteiger charge is 2.24. The Morgan fingerprint density at radius 2 is 2.17 bits per heavy atom. The summed E-state index contributed by atoms with van der Waals surface area (Å²) in [5.74, 6) is 0.178. The lowest BCUT2D eigenvalue weighted by Gasteiger charge is -2.04. The van der Waals surface area contributed by atoms with Gasteiger partial charge in [0.05, 0.1) is 12.2 Å². The number of hydrogen-bond acceptors (Lipinski definition) is 4. The maximum atomic E-state index is 12.1. The number of carbonyl (C=O) groups excluding carboxylic acids is 2. The van der Waals surface area contributed by atoms with E-state index in [9.17, 15) is 9.59 Å². The first-order valence-corrected chi connectivity index (χ1v) is 9.00. The van der Waals surface area contributed by atoms with Crippen molar-refractivity contribution in [2.75, 3.05) is 6.61 Å². The molecule has 0 bridgehead atoms. The van der Waals surface area contributed by atoms with Crippen molar-refractivity contribution in [3.8, 4) is 11.4 Å². The molecule has 3 rings (SSSR count). The first-order valence-electron chi connectivity index (χ1n) is 7.92. The van der Waals surface area contributed by atoms with Crippen molar-refractivity contribution in [1.29, 1.82) is 0 Å². The lowest BCUT2D eigenvalue weighted by atomic mass is 10.1. The molecule has 0 radical (unpaired) electrons. The summed E-state index contributed by atoms with van der Waals surface area (Å²) in [6.45, 7) is 4.66. The Balaban J connectivity index is 2.04. The fourth-order valence-electron chi connectivity index (χ4n) is 2.80.